The zero-order chi connectivity index (χ0) is 25.7. The van der Waals surface area contributed by atoms with Crippen molar-refractivity contribution in [2.45, 2.75) is 57.9 Å². The van der Waals surface area contributed by atoms with Gasteiger partial charge in [-0.2, -0.15) is 0 Å². The number of hydrogen-bond acceptors (Lipinski definition) is 6. The van der Waals surface area contributed by atoms with Crippen LogP contribution in [0.25, 0.3) is 0 Å². The first-order valence-electron chi connectivity index (χ1n) is 12.4. The van der Waals surface area contributed by atoms with Gasteiger partial charge >= 0.3 is 0 Å². The van der Waals surface area contributed by atoms with E-state index in [0.29, 0.717) is 24.8 Å². The minimum absolute atomic E-state index is 0.236. The molecular formula is C27H32N4O5. The monoisotopic (exact) mass is 492 g/mol. The van der Waals surface area contributed by atoms with Crippen molar-refractivity contribution in [3.63, 3.8) is 0 Å². The summed E-state index contributed by atoms with van der Waals surface area (Å²) in [7, 11) is 0. The Balaban J connectivity index is 1.46. The molecule has 1 aromatic heterocycles. The Morgan fingerprint density at radius 2 is 1.92 bits per heavy atom. The fraction of sp³-hybridized carbons (Fsp3) is 0.481. The van der Waals surface area contributed by atoms with Gasteiger partial charge < -0.3 is 24.8 Å². The maximum absolute atomic E-state index is 13.9. The van der Waals surface area contributed by atoms with Gasteiger partial charge in [0.25, 0.3) is 0 Å². The number of benzene rings is 1. The minimum Gasteiger partial charge on any atom is -0.360 e. The largest absolute Gasteiger partial charge is 0.360 e. The summed E-state index contributed by atoms with van der Waals surface area (Å²) in [4.78, 5) is 42.7. The first-order chi connectivity index (χ1) is 17.1. The second-order valence-corrected chi connectivity index (χ2v) is 10.6. The van der Waals surface area contributed by atoms with Crippen LogP contribution in [-0.4, -0.2) is 51.6 Å². The van der Waals surface area contributed by atoms with Gasteiger partial charge in [0.05, 0.1) is 17.4 Å². The molecule has 0 aliphatic carbocycles. The molecule has 1 aromatic carbocycles. The van der Waals surface area contributed by atoms with Crippen LogP contribution in [0.4, 0.5) is 5.82 Å². The van der Waals surface area contributed by atoms with Gasteiger partial charge in [-0.3, -0.25) is 14.4 Å². The molecule has 2 bridgehead atoms. The predicted molar refractivity (Wildman–Crippen MR) is 131 cm³/mol. The average Bonchev–Trinajstić information content (AvgIpc) is 3.54. The topological polar surface area (TPSA) is 114 Å². The lowest BCUT2D eigenvalue weighted by atomic mass is 9.70. The van der Waals surface area contributed by atoms with Crippen molar-refractivity contribution in [2.24, 2.45) is 17.8 Å². The standard InChI is InChI=1S/C27H32N4O5/c1-16(2)10-13-31-22(24(33)28-15-18-8-6-5-7-9-18)27-12-11-26(4,36-27)20(21(27)25(31)34)23(32)29-19-14-17(3)35-30-19/h5-9,11-12,14,16,20-22H,10,13,15H2,1-4H3,(H,28,33)(H,29,30,32)/t20-,21+,22+,26-,27+/m0/s1. The average molecular weight is 493 g/mol. The van der Waals surface area contributed by atoms with E-state index in [1.54, 1.807) is 24.8 Å². The lowest BCUT2D eigenvalue weighted by molar-refractivity contribution is -0.144. The minimum atomic E-state index is -1.22. The molecule has 2 aromatic rings. The van der Waals surface area contributed by atoms with Crippen LogP contribution in [0.1, 0.15) is 38.5 Å². The number of carbonyl (C=O) groups excluding carboxylic acids is 3. The van der Waals surface area contributed by atoms with E-state index >= 15 is 0 Å². The van der Waals surface area contributed by atoms with Crippen molar-refractivity contribution in [1.29, 1.82) is 0 Å². The third kappa shape index (κ3) is 3.91. The van der Waals surface area contributed by atoms with Crippen molar-refractivity contribution in [1.82, 2.24) is 15.4 Å². The number of carbonyl (C=O) groups is 3. The van der Waals surface area contributed by atoms with Crippen LogP contribution in [0, 0.1) is 24.7 Å². The van der Waals surface area contributed by atoms with E-state index in [0.717, 1.165) is 12.0 Å². The number of aryl methyl sites for hydroxylation is 1. The van der Waals surface area contributed by atoms with E-state index in [4.69, 9.17) is 9.26 Å². The number of fused-ring (bicyclic) bond motifs is 1. The Kier molecular flexibility index (Phi) is 5.98. The van der Waals surface area contributed by atoms with Crippen LogP contribution in [0.3, 0.4) is 0 Å². The molecule has 2 saturated heterocycles. The van der Waals surface area contributed by atoms with Crippen LogP contribution < -0.4 is 10.6 Å². The third-order valence-electron chi connectivity index (χ3n) is 7.46. The highest BCUT2D eigenvalue weighted by atomic mass is 16.5. The number of rotatable bonds is 8. The van der Waals surface area contributed by atoms with E-state index < -0.39 is 29.1 Å². The Morgan fingerprint density at radius 1 is 1.17 bits per heavy atom. The highest BCUT2D eigenvalue weighted by Crippen LogP contribution is 2.59. The molecule has 5 rings (SSSR count). The number of nitrogens with zero attached hydrogens (tertiary/aromatic N) is 2. The number of aromatic nitrogens is 1. The third-order valence-corrected chi connectivity index (χ3v) is 7.46. The molecule has 1 spiro atoms. The first kappa shape index (κ1) is 24.2. The summed E-state index contributed by atoms with van der Waals surface area (Å²) >= 11 is 0. The molecular weight excluding hydrogens is 460 g/mol. The van der Waals surface area contributed by atoms with Gasteiger partial charge in [0.15, 0.2) is 5.82 Å². The molecule has 5 atom stereocenters. The van der Waals surface area contributed by atoms with Gasteiger partial charge in [-0.05, 0) is 31.7 Å². The summed E-state index contributed by atoms with van der Waals surface area (Å²) in [5.41, 5.74) is -1.28. The van der Waals surface area contributed by atoms with Crippen molar-refractivity contribution < 1.29 is 23.6 Å². The molecule has 3 amide bonds. The second-order valence-electron chi connectivity index (χ2n) is 10.6. The molecule has 9 heteroatoms. The Labute approximate surface area is 210 Å². The van der Waals surface area contributed by atoms with Gasteiger partial charge in [0, 0.05) is 19.2 Å². The molecule has 3 aliphatic rings. The second kappa shape index (κ2) is 8.89. The van der Waals surface area contributed by atoms with Crippen LogP contribution >= 0.6 is 0 Å². The molecule has 0 saturated carbocycles. The normalized spacial score (nSPS) is 30.2. The van der Waals surface area contributed by atoms with E-state index in [-0.39, 0.29) is 23.5 Å². The van der Waals surface area contributed by atoms with Crippen molar-refractivity contribution in [3.05, 3.63) is 59.9 Å². The molecule has 190 valence electrons. The fourth-order valence-electron chi connectivity index (χ4n) is 5.78. The summed E-state index contributed by atoms with van der Waals surface area (Å²) in [6.45, 7) is 8.41. The molecule has 0 radical (unpaired) electrons. The molecule has 4 heterocycles. The Hall–Kier alpha value is -3.46. The number of ether oxygens (including phenoxy) is 1. The summed E-state index contributed by atoms with van der Waals surface area (Å²) in [5.74, 6) is -1.38. The van der Waals surface area contributed by atoms with Gasteiger partial charge in [0.2, 0.25) is 17.7 Å². The summed E-state index contributed by atoms with van der Waals surface area (Å²) in [6, 6.07) is 10.3. The van der Waals surface area contributed by atoms with Crippen molar-refractivity contribution in [3.8, 4) is 0 Å². The number of hydrogen-bond donors (Lipinski definition) is 2. The Morgan fingerprint density at radius 3 is 2.58 bits per heavy atom. The van der Waals surface area contributed by atoms with E-state index in [2.05, 4.69) is 29.6 Å². The molecule has 0 unspecified atom stereocenters. The fourth-order valence-corrected chi connectivity index (χ4v) is 5.78. The Bertz CT molecular complexity index is 1210. The number of anilines is 1. The molecule has 2 N–H and O–H groups in total. The lowest BCUT2D eigenvalue weighted by Gasteiger charge is -2.33. The smallest absolute Gasteiger partial charge is 0.246 e. The van der Waals surface area contributed by atoms with Crippen LogP contribution in [0.5, 0.6) is 0 Å². The SMILES string of the molecule is Cc1cc(NC(=O)[C@@H]2[C@@H]3C(=O)N(CCC(C)C)[C@H](C(=O)NCc4ccccc4)[C@@]34C=C[C@]2(C)O4)no1. The van der Waals surface area contributed by atoms with Gasteiger partial charge in [-0.1, -0.05) is 61.5 Å². The van der Waals surface area contributed by atoms with E-state index in [1.807, 2.05) is 42.5 Å². The van der Waals surface area contributed by atoms with Crippen LogP contribution in [0.15, 0.2) is 53.1 Å². The highest BCUT2D eigenvalue weighted by molar-refractivity contribution is 6.03. The summed E-state index contributed by atoms with van der Waals surface area (Å²) in [5, 5.41) is 9.62. The van der Waals surface area contributed by atoms with E-state index in [1.165, 1.54) is 0 Å². The van der Waals surface area contributed by atoms with E-state index in [9.17, 15) is 14.4 Å². The highest BCUT2D eigenvalue weighted by Gasteiger charge is 2.76. The van der Waals surface area contributed by atoms with Gasteiger partial charge in [0.1, 0.15) is 17.4 Å². The quantitative estimate of drug-likeness (QED) is 0.548. The van der Waals surface area contributed by atoms with Crippen LogP contribution in [-0.2, 0) is 25.7 Å². The number of nitrogens with one attached hydrogen (secondary N) is 2. The van der Waals surface area contributed by atoms with Crippen LogP contribution in [0.2, 0.25) is 0 Å². The maximum atomic E-state index is 13.9. The molecule has 2 fully saturated rings. The van der Waals surface area contributed by atoms with Crippen molar-refractivity contribution >= 4 is 23.5 Å². The predicted octanol–water partition coefficient (Wildman–Crippen LogP) is 2.82. The molecule has 3 aliphatic heterocycles. The van der Waals surface area contributed by atoms with Crippen molar-refractivity contribution in [2.75, 3.05) is 11.9 Å². The number of likely N-dealkylation sites (tertiary alicyclic amines) is 1. The first-order valence-corrected chi connectivity index (χ1v) is 12.4. The number of amides is 3. The summed E-state index contributed by atoms with van der Waals surface area (Å²) < 4.78 is 11.6. The van der Waals surface area contributed by atoms with Gasteiger partial charge in [-0.25, -0.2) is 0 Å². The maximum Gasteiger partial charge on any atom is 0.246 e. The van der Waals surface area contributed by atoms with Gasteiger partial charge in [-0.15, -0.1) is 0 Å². The zero-order valence-electron chi connectivity index (χ0n) is 21.0. The molecule has 36 heavy (non-hydrogen) atoms. The summed E-state index contributed by atoms with van der Waals surface area (Å²) in [6.07, 6.45) is 4.37. The molecule has 9 nitrogen and oxygen atoms in total. The lowest BCUT2D eigenvalue weighted by Crippen LogP contribution is -2.54. The zero-order valence-corrected chi connectivity index (χ0v) is 21.0.